The minimum atomic E-state index is -3.17. The van der Waals surface area contributed by atoms with Gasteiger partial charge in [-0.05, 0) is 12.5 Å². The van der Waals surface area contributed by atoms with E-state index >= 15 is 0 Å². The van der Waals surface area contributed by atoms with Crippen LogP contribution in [0.15, 0.2) is 12.3 Å². The lowest BCUT2D eigenvalue weighted by molar-refractivity contribution is -0.385. The summed E-state index contributed by atoms with van der Waals surface area (Å²) in [5.41, 5.74) is 4.85. The van der Waals surface area contributed by atoms with E-state index in [4.69, 9.17) is 5.73 Å². The van der Waals surface area contributed by atoms with Crippen LogP contribution >= 0.6 is 0 Å². The number of nitrogens with zero attached hydrogens (tertiary/aromatic N) is 3. The smallest absolute Gasteiger partial charge is 0.300 e. The Morgan fingerprint density at radius 3 is 2.76 bits per heavy atom. The third-order valence-corrected chi connectivity index (χ3v) is 4.89. The lowest BCUT2D eigenvalue weighted by Crippen LogP contribution is -2.34. The zero-order valence-corrected chi connectivity index (χ0v) is 11.9. The molecule has 0 atom stereocenters. The van der Waals surface area contributed by atoms with Gasteiger partial charge in [0, 0.05) is 13.1 Å². The van der Waals surface area contributed by atoms with Crippen LogP contribution in [0.4, 0.5) is 11.5 Å². The van der Waals surface area contributed by atoms with Gasteiger partial charge in [-0.1, -0.05) is 0 Å². The summed E-state index contributed by atoms with van der Waals surface area (Å²) >= 11 is 0. The van der Waals surface area contributed by atoms with Gasteiger partial charge in [0.2, 0.25) is 0 Å². The normalized spacial score (nSPS) is 18.0. The summed E-state index contributed by atoms with van der Waals surface area (Å²) in [6.07, 6.45) is 1.24. The molecule has 0 bridgehead atoms. The van der Waals surface area contributed by atoms with Crippen LogP contribution in [0, 0.1) is 10.1 Å². The lowest BCUT2D eigenvalue weighted by atomic mass is 10.2. The second-order valence-electron chi connectivity index (χ2n) is 4.68. The highest BCUT2D eigenvalue weighted by atomic mass is 32.2. The first-order valence-electron chi connectivity index (χ1n) is 6.20. The largest absolute Gasteiger partial charge is 0.384 e. The summed E-state index contributed by atoms with van der Waals surface area (Å²) < 4.78 is 23.1. The number of pyridine rings is 1. The van der Waals surface area contributed by atoms with Crippen LogP contribution in [0.2, 0.25) is 0 Å². The number of carbonyl (C=O) groups is 1. The van der Waals surface area contributed by atoms with Crippen molar-refractivity contribution >= 4 is 27.2 Å². The third kappa shape index (κ3) is 3.45. The molecule has 1 aromatic heterocycles. The van der Waals surface area contributed by atoms with Gasteiger partial charge in [-0.25, -0.2) is 13.4 Å². The molecule has 2 heterocycles. The Bertz CT molecular complexity index is 688. The highest BCUT2D eigenvalue weighted by molar-refractivity contribution is 7.91. The van der Waals surface area contributed by atoms with E-state index in [9.17, 15) is 23.3 Å². The van der Waals surface area contributed by atoms with E-state index in [2.05, 4.69) is 4.98 Å². The summed E-state index contributed by atoms with van der Waals surface area (Å²) in [5, 5.41) is 10.9. The van der Waals surface area contributed by atoms with Crippen molar-refractivity contribution in [2.75, 3.05) is 30.3 Å². The third-order valence-electron chi connectivity index (χ3n) is 3.17. The topological polar surface area (TPSA) is 136 Å². The van der Waals surface area contributed by atoms with Gasteiger partial charge < -0.3 is 10.6 Å². The Morgan fingerprint density at radius 1 is 1.38 bits per heavy atom. The monoisotopic (exact) mass is 314 g/mol. The van der Waals surface area contributed by atoms with E-state index in [-0.39, 0.29) is 36.0 Å². The van der Waals surface area contributed by atoms with Crippen molar-refractivity contribution < 1.29 is 18.1 Å². The van der Waals surface area contributed by atoms with E-state index < -0.39 is 26.4 Å². The molecule has 9 nitrogen and oxygen atoms in total. The SMILES string of the molecule is Nc1cc(C(=O)N2CCCS(=O)(=O)CC2)c([N+](=O)[O-])cn1. The quantitative estimate of drug-likeness (QED) is 0.591. The standard InChI is InChI=1S/C11H14N4O5S/c12-10-6-8(9(7-13-10)15(17)18)11(16)14-2-1-4-21(19,20)5-3-14/h6-7H,1-5H2,(H2,12,13). The zero-order chi connectivity index (χ0) is 15.6. The fraction of sp³-hybridized carbons (Fsp3) is 0.455. The molecule has 2 N–H and O–H groups in total. The van der Waals surface area contributed by atoms with Crippen molar-refractivity contribution in [1.29, 1.82) is 0 Å². The molecule has 0 spiro atoms. The number of aromatic nitrogens is 1. The minimum Gasteiger partial charge on any atom is -0.384 e. The predicted octanol–water partition coefficient (Wildman–Crippen LogP) is -0.167. The Labute approximate surface area is 120 Å². The number of nitrogen functional groups attached to an aromatic ring is 1. The molecule has 10 heteroatoms. The van der Waals surface area contributed by atoms with Gasteiger partial charge in [0.15, 0.2) is 9.84 Å². The Kier molecular flexibility index (Phi) is 4.07. The molecule has 1 amide bonds. The average molecular weight is 314 g/mol. The van der Waals surface area contributed by atoms with E-state index in [1.807, 2.05) is 0 Å². The Morgan fingerprint density at radius 2 is 2.10 bits per heavy atom. The lowest BCUT2D eigenvalue weighted by Gasteiger charge is -2.19. The van der Waals surface area contributed by atoms with Crippen LogP contribution in [0.3, 0.4) is 0 Å². The van der Waals surface area contributed by atoms with Gasteiger partial charge in [-0.2, -0.15) is 0 Å². The van der Waals surface area contributed by atoms with Crippen LogP contribution in [-0.2, 0) is 9.84 Å². The number of hydrogen-bond donors (Lipinski definition) is 1. The zero-order valence-electron chi connectivity index (χ0n) is 11.1. The highest BCUT2D eigenvalue weighted by Crippen LogP contribution is 2.21. The van der Waals surface area contributed by atoms with Crippen LogP contribution in [-0.4, -0.2) is 53.7 Å². The van der Waals surface area contributed by atoms with Gasteiger partial charge in [-0.15, -0.1) is 0 Å². The van der Waals surface area contributed by atoms with Crippen LogP contribution in [0.1, 0.15) is 16.8 Å². The van der Waals surface area contributed by atoms with E-state index in [0.717, 1.165) is 12.3 Å². The van der Waals surface area contributed by atoms with Crippen molar-refractivity contribution in [1.82, 2.24) is 9.88 Å². The molecule has 1 aliphatic heterocycles. The van der Waals surface area contributed by atoms with Crippen molar-refractivity contribution in [3.63, 3.8) is 0 Å². The average Bonchev–Trinajstić information content (AvgIpc) is 2.58. The maximum absolute atomic E-state index is 12.4. The molecule has 21 heavy (non-hydrogen) atoms. The van der Waals surface area contributed by atoms with Crippen molar-refractivity contribution in [2.45, 2.75) is 6.42 Å². The fourth-order valence-corrected chi connectivity index (χ4v) is 3.36. The van der Waals surface area contributed by atoms with Crippen molar-refractivity contribution in [3.05, 3.63) is 27.9 Å². The first-order valence-corrected chi connectivity index (χ1v) is 8.02. The van der Waals surface area contributed by atoms with Crippen molar-refractivity contribution in [3.8, 4) is 0 Å². The Balaban J connectivity index is 2.32. The van der Waals surface area contributed by atoms with Crippen LogP contribution in [0.5, 0.6) is 0 Å². The van der Waals surface area contributed by atoms with E-state index in [1.54, 1.807) is 0 Å². The Hall–Kier alpha value is -2.23. The molecule has 1 fully saturated rings. The molecule has 1 aromatic rings. The maximum Gasteiger partial charge on any atom is 0.300 e. The van der Waals surface area contributed by atoms with Gasteiger partial charge in [0.25, 0.3) is 11.6 Å². The fourth-order valence-electron chi connectivity index (χ4n) is 2.09. The van der Waals surface area contributed by atoms with Gasteiger partial charge in [0.1, 0.15) is 17.6 Å². The molecule has 0 aromatic carbocycles. The van der Waals surface area contributed by atoms with Gasteiger partial charge in [0.05, 0.1) is 16.4 Å². The molecule has 0 radical (unpaired) electrons. The summed E-state index contributed by atoms with van der Waals surface area (Å²) in [6.45, 7) is 0.248. The van der Waals surface area contributed by atoms with E-state index in [1.165, 1.54) is 4.90 Å². The molecule has 0 aliphatic carbocycles. The summed E-state index contributed by atoms with van der Waals surface area (Å²) in [6, 6.07) is 1.14. The molecular formula is C11H14N4O5S. The number of anilines is 1. The molecule has 114 valence electrons. The summed E-state index contributed by atoms with van der Waals surface area (Å²) in [7, 11) is -3.17. The molecule has 0 saturated carbocycles. The molecule has 2 rings (SSSR count). The second kappa shape index (κ2) is 5.64. The second-order valence-corrected chi connectivity index (χ2v) is 6.98. The minimum absolute atomic E-state index is 0.00797. The number of carbonyl (C=O) groups excluding carboxylic acids is 1. The molecule has 1 saturated heterocycles. The maximum atomic E-state index is 12.4. The van der Waals surface area contributed by atoms with E-state index in [0.29, 0.717) is 6.42 Å². The summed E-state index contributed by atoms with van der Waals surface area (Å²) in [5.74, 6) is -0.746. The first-order chi connectivity index (χ1) is 9.80. The van der Waals surface area contributed by atoms with Crippen molar-refractivity contribution in [2.24, 2.45) is 0 Å². The number of rotatable bonds is 2. The number of hydrogen-bond acceptors (Lipinski definition) is 7. The molecule has 1 aliphatic rings. The number of nitro groups is 1. The summed E-state index contributed by atoms with van der Waals surface area (Å²) in [4.78, 5) is 27.5. The number of nitrogens with two attached hydrogens (primary N) is 1. The predicted molar refractivity (Wildman–Crippen MR) is 74.5 cm³/mol. The van der Waals surface area contributed by atoms with Gasteiger partial charge in [-0.3, -0.25) is 14.9 Å². The molecule has 0 unspecified atom stereocenters. The highest BCUT2D eigenvalue weighted by Gasteiger charge is 2.28. The van der Waals surface area contributed by atoms with Gasteiger partial charge >= 0.3 is 0 Å². The number of amides is 1. The van der Waals surface area contributed by atoms with Crippen LogP contribution < -0.4 is 5.73 Å². The first kappa shape index (κ1) is 15.2. The van der Waals surface area contributed by atoms with Crippen LogP contribution in [0.25, 0.3) is 0 Å². The molecular weight excluding hydrogens is 300 g/mol. The number of sulfone groups is 1.